The average Bonchev–Trinajstić information content (AvgIpc) is 2.81. The molecule has 0 unspecified atom stereocenters. The van der Waals surface area contributed by atoms with Crippen LogP contribution in [0.25, 0.3) is 0 Å². The number of halogens is 4. The topological polar surface area (TPSA) is 72.9 Å². The molecule has 0 aliphatic carbocycles. The van der Waals surface area contributed by atoms with Crippen molar-refractivity contribution in [3.05, 3.63) is 65.0 Å². The van der Waals surface area contributed by atoms with Gasteiger partial charge in [-0.2, -0.15) is 0 Å². The number of imide groups is 1. The zero-order valence-electron chi connectivity index (χ0n) is 12.5. The van der Waals surface area contributed by atoms with Gasteiger partial charge in [-0.1, -0.05) is 17.2 Å². The SMILES string of the molecule is O=C(ON1C(=O)c2ccccc2C1=O)c1ccc(F)c(OC(F)(F)F)c1. The number of benzene rings is 2. The Morgan fingerprint density at radius 3 is 2.08 bits per heavy atom. The summed E-state index contributed by atoms with van der Waals surface area (Å²) in [7, 11) is 0. The van der Waals surface area contributed by atoms with E-state index in [1.807, 2.05) is 0 Å². The minimum absolute atomic E-state index is 0.00509. The number of fused-ring (bicyclic) bond motifs is 1. The Balaban J connectivity index is 1.82. The van der Waals surface area contributed by atoms with Gasteiger partial charge in [0.05, 0.1) is 16.7 Å². The monoisotopic (exact) mass is 369 g/mol. The molecule has 0 saturated heterocycles. The number of alkyl halides is 3. The van der Waals surface area contributed by atoms with Crippen LogP contribution in [0.1, 0.15) is 31.1 Å². The van der Waals surface area contributed by atoms with Gasteiger partial charge in [-0.25, -0.2) is 9.18 Å². The summed E-state index contributed by atoms with van der Waals surface area (Å²) in [6, 6.07) is 7.50. The minimum Gasteiger partial charge on any atom is -0.403 e. The lowest BCUT2D eigenvalue weighted by molar-refractivity contribution is -0.275. The summed E-state index contributed by atoms with van der Waals surface area (Å²) in [5, 5.41) is 0.181. The molecule has 1 aliphatic heterocycles. The fraction of sp³-hybridized carbons (Fsp3) is 0.0625. The molecule has 2 amide bonds. The second-order valence-electron chi connectivity index (χ2n) is 5.02. The van der Waals surface area contributed by atoms with Crippen molar-refractivity contribution in [3.63, 3.8) is 0 Å². The lowest BCUT2D eigenvalue weighted by atomic mass is 10.1. The van der Waals surface area contributed by atoms with Gasteiger partial charge < -0.3 is 9.57 Å². The first-order valence-corrected chi connectivity index (χ1v) is 6.93. The molecule has 0 N–H and O–H groups in total. The predicted octanol–water partition coefficient (Wildman–Crippen LogP) is 3.09. The second-order valence-corrected chi connectivity index (χ2v) is 5.02. The Morgan fingerprint density at radius 2 is 1.54 bits per heavy atom. The van der Waals surface area contributed by atoms with Gasteiger partial charge in [0.25, 0.3) is 11.8 Å². The molecule has 0 aromatic heterocycles. The molecule has 3 rings (SSSR count). The molecular formula is C16H7F4NO5. The van der Waals surface area contributed by atoms with Gasteiger partial charge in [0.1, 0.15) is 0 Å². The number of nitrogens with zero attached hydrogens (tertiary/aromatic N) is 1. The number of ether oxygens (including phenoxy) is 1. The number of hydroxylamine groups is 2. The molecule has 1 aliphatic rings. The highest BCUT2D eigenvalue weighted by Gasteiger charge is 2.39. The van der Waals surface area contributed by atoms with Gasteiger partial charge in [-0.3, -0.25) is 9.59 Å². The molecular weight excluding hydrogens is 362 g/mol. The van der Waals surface area contributed by atoms with Gasteiger partial charge in [0, 0.05) is 0 Å². The van der Waals surface area contributed by atoms with E-state index in [2.05, 4.69) is 9.57 Å². The average molecular weight is 369 g/mol. The molecule has 1 heterocycles. The van der Waals surface area contributed by atoms with Crippen LogP contribution in [-0.2, 0) is 4.84 Å². The largest absolute Gasteiger partial charge is 0.573 e. The Labute approximate surface area is 142 Å². The van der Waals surface area contributed by atoms with Crippen molar-refractivity contribution in [1.82, 2.24) is 5.06 Å². The smallest absolute Gasteiger partial charge is 0.403 e. The van der Waals surface area contributed by atoms with Crippen LogP contribution >= 0.6 is 0 Å². The highest BCUT2D eigenvalue weighted by Crippen LogP contribution is 2.28. The molecule has 26 heavy (non-hydrogen) atoms. The number of carbonyl (C=O) groups is 3. The summed E-state index contributed by atoms with van der Waals surface area (Å²) < 4.78 is 53.5. The molecule has 6 nitrogen and oxygen atoms in total. The van der Waals surface area contributed by atoms with Crippen LogP contribution in [0.3, 0.4) is 0 Å². The maximum atomic E-state index is 13.4. The van der Waals surface area contributed by atoms with Crippen molar-refractivity contribution in [2.24, 2.45) is 0 Å². The lowest BCUT2D eigenvalue weighted by Gasteiger charge is -2.14. The number of carbonyl (C=O) groups excluding carboxylic acids is 3. The van der Waals surface area contributed by atoms with E-state index in [9.17, 15) is 31.9 Å². The van der Waals surface area contributed by atoms with Gasteiger partial charge >= 0.3 is 12.3 Å². The van der Waals surface area contributed by atoms with Crippen molar-refractivity contribution in [2.75, 3.05) is 0 Å². The van der Waals surface area contributed by atoms with Gasteiger partial charge in [0.15, 0.2) is 11.6 Å². The summed E-state index contributed by atoms with van der Waals surface area (Å²) in [5.74, 6) is -5.78. The fourth-order valence-electron chi connectivity index (χ4n) is 2.22. The first-order chi connectivity index (χ1) is 12.2. The zero-order valence-corrected chi connectivity index (χ0v) is 12.5. The maximum Gasteiger partial charge on any atom is 0.573 e. The summed E-state index contributed by atoms with van der Waals surface area (Å²) >= 11 is 0. The number of rotatable bonds is 3. The van der Waals surface area contributed by atoms with Crippen LogP contribution in [0.4, 0.5) is 17.6 Å². The van der Waals surface area contributed by atoms with Crippen molar-refractivity contribution >= 4 is 17.8 Å². The summed E-state index contributed by atoms with van der Waals surface area (Å²) in [4.78, 5) is 40.9. The van der Waals surface area contributed by atoms with Crippen LogP contribution in [-0.4, -0.2) is 29.2 Å². The third-order valence-electron chi connectivity index (χ3n) is 3.32. The summed E-state index contributed by atoms with van der Waals surface area (Å²) in [6.07, 6.45) is -5.17. The summed E-state index contributed by atoms with van der Waals surface area (Å²) in [6.45, 7) is 0. The third kappa shape index (κ3) is 3.21. The van der Waals surface area contributed by atoms with E-state index in [-0.39, 0.29) is 16.2 Å². The first-order valence-electron chi connectivity index (χ1n) is 6.93. The standard InChI is InChI=1S/C16H7F4NO5/c17-11-6-5-8(7-12(11)25-16(18,19)20)15(24)26-21-13(22)9-3-1-2-4-10(9)14(21)23/h1-7H. The highest BCUT2D eigenvalue weighted by atomic mass is 19.4. The lowest BCUT2D eigenvalue weighted by Crippen LogP contribution is -2.32. The van der Waals surface area contributed by atoms with Gasteiger partial charge in [-0.05, 0) is 30.3 Å². The molecule has 0 bridgehead atoms. The van der Waals surface area contributed by atoms with Gasteiger partial charge in [0.2, 0.25) is 0 Å². The van der Waals surface area contributed by atoms with E-state index in [0.717, 1.165) is 6.07 Å². The quantitative estimate of drug-likeness (QED) is 0.614. The van der Waals surface area contributed by atoms with Crippen LogP contribution < -0.4 is 4.74 Å². The Hall–Kier alpha value is -3.43. The Kier molecular flexibility index (Phi) is 4.10. The molecule has 10 heteroatoms. The van der Waals surface area contributed by atoms with Crippen molar-refractivity contribution in [1.29, 1.82) is 0 Å². The second kappa shape index (κ2) is 6.14. The van der Waals surface area contributed by atoms with Crippen molar-refractivity contribution < 1.29 is 41.5 Å². The zero-order chi connectivity index (χ0) is 19.1. The Morgan fingerprint density at radius 1 is 0.962 bits per heavy atom. The highest BCUT2D eigenvalue weighted by molar-refractivity contribution is 6.21. The molecule has 2 aromatic carbocycles. The summed E-state index contributed by atoms with van der Waals surface area (Å²) in [5.41, 5.74) is -0.543. The van der Waals surface area contributed by atoms with Crippen molar-refractivity contribution in [3.8, 4) is 5.75 Å². The molecule has 0 saturated carbocycles. The first kappa shape index (κ1) is 17.4. The molecule has 0 radical (unpaired) electrons. The van der Waals surface area contributed by atoms with E-state index < -0.39 is 41.3 Å². The van der Waals surface area contributed by atoms with Crippen LogP contribution in [0.2, 0.25) is 0 Å². The fourth-order valence-corrected chi connectivity index (χ4v) is 2.22. The van der Waals surface area contributed by atoms with E-state index in [1.54, 1.807) is 0 Å². The number of hydrogen-bond acceptors (Lipinski definition) is 5. The van der Waals surface area contributed by atoms with E-state index >= 15 is 0 Å². The van der Waals surface area contributed by atoms with Gasteiger partial charge in [-0.15, -0.1) is 13.2 Å². The number of hydrogen-bond donors (Lipinski definition) is 0. The van der Waals surface area contributed by atoms with Crippen molar-refractivity contribution in [2.45, 2.75) is 6.36 Å². The van der Waals surface area contributed by atoms with E-state index in [4.69, 9.17) is 0 Å². The molecule has 0 atom stereocenters. The molecule has 134 valence electrons. The van der Waals surface area contributed by atoms with Crippen LogP contribution in [0, 0.1) is 5.82 Å². The van der Waals surface area contributed by atoms with Crippen LogP contribution in [0.5, 0.6) is 5.75 Å². The molecule has 0 spiro atoms. The molecule has 2 aromatic rings. The predicted molar refractivity (Wildman–Crippen MR) is 75.4 cm³/mol. The Bertz CT molecular complexity index is 890. The molecule has 0 fully saturated rings. The van der Waals surface area contributed by atoms with E-state index in [0.29, 0.717) is 12.1 Å². The minimum atomic E-state index is -5.17. The normalized spacial score (nSPS) is 13.6. The van der Waals surface area contributed by atoms with E-state index in [1.165, 1.54) is 24.3 Å². The maximum absolute atomic E-state index is 13.4. The third-order valence-corrected chi connectivity index (χ3v) is 3.32. The number of amides is 2. The van der Waals surface area contributed by atoms with Crippen LogP contribution in [0.15, 0.2) is 42.5 Å².